The van der Waals surface area contributed by atoms with Crippen LogP contribution in [0.15, 0.2) is 35.2 Å². The van der Waals surface area contributed by atoms with E-state index in [1.165, 1.54) is 34.6 Å². The molecule has 0 saturated carbocycles. The summed E-state index contributed by atoms with van der Waals surface area (Å²) in [6, 6.07) is 6.75. The van der Waals surface area contributed by atoms with Crippen molar-refractivity contribution in [1.29, 1.82) is 0 Å². The number of rotatable bonds is 6. The molecule has 1 saturated heterocycles. The lowest BCUT2D eigenvalue weighted by molar-refractivity contribution is -0.152. The summed E-state index contributed by atoms with van der Waals surface area (Å²) < 4.78 is 42.8. The number of nitrogens with zero attached hydrogens (tertiary/aromatic N) is 1. The lowest BCUT2D eigenvalue weighted by Crippen LogP contribution is -2.40. The molecule has 2 aromatic rings. The van der Waals surface area contributed by atoms with E-state index in [0.717, 1.165) is 0 Å². The number of aryl methyl sites for hydroxylation is 1. The highest BCUT2D eigenvalue weighted by Crippen LogP contribution is 2.38. The third-order valence-electron chi connectivity index (χ3n) is 4.69. The molecule has 2 aromatic carbocycles. The summed E-state index contributed by atoms with van der Waals surface area (Å²) in [5.41, 5.74) is 0.761. The maximum Gasteiger partial charge on any atom is 0.397 e. The number of benzene rings is 2. The first-order valence-corrected chi connectivity index (χ1v) is 11.8. The normalized spacial score (nSPS) is 14.5. The maximum absolute atomic E-state index is 12.9. The molecule has 0 bridgehead atoms. The molecule has 12 heteroatoms. The van der Waals surface area contributed by atoms with Gasteiger partial charge in [-0.1, -0.05) is 11.6 Å². The molecule has 178 valence electrons. The van der Waals surface area contributed by atoms with Gasteiger partial charge in [-0.25, -0.2) is 13.2 Å². The Bertz CT molecular complexity index is 1140. The lowest BCUT2D eigenvalue weighted by atomic mass is 10.2. The summed E-state index contributed by atoms with van der Waals surface area (Å²) in [6.45, 7) is 4.20. The second-order valence-corrected chi connectivity index (χ2v) is 9.34. The van der Waals surface area contributed by atoms with E-state index in [9.17, 15) is 23.1 Å². The summed E-state index contributed by atoms with van der Waals surface area (Å²) in [5.74, 6) is -2.03. The van der Waals surface area contributed by atoms with Gasteiger partial charge in [0.2, 0.25) is 10.0 Å². The minimum absolute atomic E-state index is 0.0642. The van der Waals surface area contributed by atoms with Crippen molar-refractivity contribution in [3.8, 4) is 17.2 Å². The third-order valence-corrected chi connectivity index (χ3v) is 6.90. The molecule has 1 aliphatic rings. The lowest BCUT2D eigenvalue weighted by Gasteiger charge is -2.26. The van der Waals surface area contributed by atoms with E-state index in [1.807, 2.05) is 0 Å². The first-order chi connectivity index (χ1) is 15.6. The molecular formula is C21H23ClN2O8S. The highest BCUT2D eigenvalue weighted by atomic mass is 35.5. The van der Waals surface area contributed by atoms with Crippen molar-refractivity contribution < 1.29 is 37.3 Å². The monoisotopic (exact) mass is 498 g/mol. The van der Waals surface area contributed by atoms with Crippen LogP contribution >= 0.6 is 11.6 Å². The van der Waals surface area contributed by atoms with E-state index in [1.54, 1.807) is 13.8 Å². The molecule has 0 atom stereocenters. The van der Waals surface area contributed by atoms with E-state index in [4.69, 9.17) is 21.1 Å². The zero-order valence-electron chi connectivity index (χ0n) is 18.0. The Morgan fingerprint density at radius 2 is 1.91 bits per heavy atom. The smallest absolute Gasteiger partial charge is 0.397 e. The Hall–Kier alpha value is -2.86. The quantitative estimate of drug-likeness (QED) is 0.459. The van der Waals surface area contributed by atoms with Gasteiger partial charge in [0.25, 0.3) is 0 Å². The second kappa shape index (κ2) is 10.4. The van der Waals surface area contributed by atoms with Crippen LogP contribution in [0.25, 0.3) is 0 Å². The summed E-state index contributed by atoms with van der Waals surface area (Å²) in [4.78, 5) is 23.1. The molecule has 2 N–H and O–H groups in total. The molecular weight excluding hydrogens is 476 g/mol. The molecule has 1 fully saturated rings. The molecule has 1 amide bonds. The van der Waals surface area contributed by atoms with Crippen molar-refractivity contribution in [1.82, 2.24) is 4.31 Å². The van der Waals surface area contributed by atoms with Crippen molar-refractivity contribution in [2.75, 3.05) is 38.2 Å². The Kier molecular flexibility index (Phi) is 7.80. The van der Waals surface area contributed by atoms with Crippen molar-refractivity contribution in [3.63, 3.8) is 0 Å². The highest BCUT2D eigenvalue weighted by Gasteiger charge is 2.29. The summed E-state index contributed by atoms with van der Waals surface area (Å²) >= 11 is 6.31. The van der Waals surface area contributed by atoms with Gasteiger partial charge in [0.15, 0.2) is 0 Å². The molecule has 10 nitrogen and oxygen atoms in total. The standard InChI is InChI=1S/C21H23ClN2O8S/c1-3-31-21(27)20(26)23-14-10-13(2)19(16(22)11-14)32-15-4-5-17(25)18(12-15)33(28,29)24-6-8-30-9-7-24/h4-5,10-12,25H,3,6-9H2,1-2H3,(H,23,26). The molecule has 1 heterocycles. The fourth-order valence-corrected chi connectivity index (χ4v) is 4.93. The number of carbonyl (C=O) groups is 2. The van der Waals surface area contributed by atoms with Crippen LogP contribution in [0.4, 0.5) is 5.69 Å². The van der Waals surface area contributed by atoms with Gasteiger partial charge >= 0.3 is 11.9 Å². The largest absolute Gasteiger partial charge is 0.507 e. The van der Waals surface area contributed by atoms with E-state index in [-0.39, 0.29) is 60.0 Å². The van der Waals surface area contributed by atoms with Crippen LogP contribution in [0.3, 0.4) is 0 Å². The zero-order valence-corrected chi connectivity index (χ0v) is 19.5. The third kappa shape index (κ3) is 5.74. The summed E-state index contributed by atoms with van der Waals surface area (Å²) in [7, 11) is -3.96. The number of anilines is 1. The van der Waals surface area contributed by atoms with Gasteiger partial charge in [-0.05, 0) is 43.7 Å². The molecule has 3 rings (SSSR count). The number of morpholine rings is 1. The van der Waals surface area contributed by atoms with Gasteiger partial charge in [-0.3, -0.25) is 4.79 Å². The summed E-state index contributed by atoms with van der Waals surface area (Å²) in [6.07, 6.45) is 0. The number of hydrogen-bond donors (Lipinski definition) is 2. The zero-order chi connectivity index (χ0) is 24.2. The van der Waals surface area contributed by atoms with E-state index in [2.05, 4.69) is 10.1 Å². The van der Waals surface area contributed by atoms with Crippen LogP contribution in [0.2, 0.25) is 5.02 Å². The molecule has 0 unspecified atom stereocenters. The molecule has 0 aromatic heterocycles. The number of sulfonamides is 1. The van der Waals surface area contributed by atoms with Gasteiger partial charge in [-0.2, -0.15) is 4.31 Å². The van der Waals surface area contributed by atoms with Crippen LogP contribution in [-0.4, -0.2) is 62.6 Å². The molecule has 0 aliphatic carbocycles. The Labute approximate surface area is 196 Å². The number of esters is 1. The SMILES string of the molecule is CCOC(=O)C(=O)Nc1cc(C)c(Oc2ccc(O)c(S(=O)(=O)N3CCOCC3)c2)c(Cl)c1. The topological polar surface area (TPSA) is 131 Å². The molecule has 33 heavy (non-hydrogen) atoms. The fourth-order valence-electron chi connectivity index (χ4n) is 3.12. The van der Waals surface area contributed by atoms with E-state index >= 15 is 0 Å². The Morgan fingerprint density at radius 1 is 1.21 bits per heavy atom. The average molecular weight is 499 g/mol. The minimum Gasteiger partial charge on any atom is -0.507 e. The van der Waals surface area contributed by atoms with Crippen LogP contribution in [0, 0.1) is 6.92 Å². The molecule has 0 radical (unpaired) electrons. The Balaban J connectivity index is 1.84. The number of ether oxygens (including phenoxy) is 3. The first kappa shape index (κ1) is 24.8. The van der Waals surface area contributed by atoms with E-state index in [0.29, 0.717) is 5.56 Å². The molecule has 1 aliphatic heterocycles. The van der Waals surface area contributed by atoms with Crippen molar-refractivity contribution in [3.05, 3.63) is 40.9 Å². The molecule has 0 spiro atoms. The van der Waals surface area contributed by atoms with Crippen LogP contribution in [0.1, 0.15) is 12.5 Å². The average Bonchev–Trinajstić information content (AvgIpc) is 2.78. The van der Waals surface area contributed by atoms with Crippen molar-refractivity contribution in [2.45, 2.75) is 18.7 Å². The van der Waals surface area contributed by atoms with Crippen LogP contribution in [-0.2, 0) is 29.1 Å². The number of carbonyl (C=O) groups excluding carboxylic acids is 2. The van der Waals surface area contributed by atoms with Crippen molar-refractivity contribution in [2.24, 2.45) is 0 Å². The van der Waals surface area contributed by atoms with Crippen molar-refractivity contribution >= 4 is 39.2 Å². The Morgan fingerprint density at radius 3 is 2.55 bits per heavy atom. The maximum atomic E-state index is 12.9. The fraction of sp³-hybridized carbons (Fsp3) is 0.333. The van der Waals surface area contributed by atoms with Gasteiger partial charge in [0, 0.05) is 24.8 Å². The number of phenolic OH excluding ortho intramolecular Hbond substituents is 1. The number of aromatic hydroxyl groups is 1. The van der Waals surface area contributed by atoms with Gasteiger partial charge < -0.3 is 24.6 Å². The minimum atomic E-state index is -3.96. The van der Waals surface area contributed by atoms with Gasteiger partial charge in [0.05, 0.1) is 24.8 Å². The highest BCUT2D eigenvalue weighted by molar-refractivity contribution is 7.89. The number of hydrogen-bond acceptors (Lipinski definition) is 8. The van der Waals surface area contributed by atoms with Crippen LogP contribution < -0.4 is 10.1 Å². The second-order valence-electron chi connectivity index (χ2n) is 7.03. The predicted octanol–water partition coefficient (Wildman–Crippen LogP) is 2.67. The predicted molar refractivity (Wildman–Crippen MR) is 119 cm³/mol. The van der Waals surface area contributed by atoms with E-state index < -0.39 is 27.6 Å². The number of halogens is 1. The first-order valence-electron chi connectivity index (χ1n) is 10.0. The number of nitrogens with one attached hydrogen (secondary N) is 1. The van der Waals surface area contributed by atoms with Gasteiger partial charge in [0.1, 0.15) is 22.1 Å². The summed E-state index contributed by atoms with van der Waals surface area (Å²) in [5, 5.41) is 12.7. The van der Waals surface area contributed by atoms with Crippen LogP contribution in [0.5, 0.6) is 17.2 Å². The van der Waals surface area contributed by atoms with Gasteiger partial charge in [-0.15, -0.1) is 0 Å². The number of amides is 1. The number of phenols is 1.